The summed E-state index contributed by atoms with van der Waals surface area (Å²) in [4.78, 5) is 40.0. The molecule has 0 fully saturated rings. The number of fused-ring (bicyclic) bond motifs is 1. The average Bonchev–Trinajstić information content (AvgIpc) is 2.94. The fraction of sp³-hybridized carbons (Fsp3) is 0.318. The van der Waals surface area contributed by atoms with Gasteiger partial charge in [0.05, 0.1) is 11.1 Å². The number of hydrogen-bond acceptors (Lipinski definition) is 4. The van der Waals surface area contributed by atoms with Crippen molar-refractivity contribution in [2.45, 2.75) is 32.2 Å². The summed E-state index contributed by atoms with van der Waals surface area (Å²) in [7, 11) is 0. The Morgan fingerprint density at radius 2 is 1.57 bits per heavy atom. The van der Waals surface area contributed by atoms with Crippen molar-refractivity contribution in [3.8, 4) is 0 Å². The van der Waals surface area contributed by atoms with Gasteiger partial charge in [-0.15, -0.1) is 0 Å². The number of amides is 3. The van der Waals surface area contributed by atoms with E-state index >= 15 is 0 Å². The minimum absolute atomic E-state index is 0.237. The fourth-order valence-corrected chi connectivity index (χ4v) is 3.89. The number of carbonyl (C=O) groups excluding carboxylic acids is 3. The van der Waals surface area contributed by atoms with Gasteiger partial charge in [0, 0.05) is 5.69 Å². The van der Waals surface area contributed by atoms with Gasteiger partial charge in [-0.2, -0.15) is 11.8 Å². The summed E-state index contributed by atoms with van der Waals surface area (Å²) >= 11 is 1.58. The van der Waals surface area contributed by atoms with E-state index in [4.69, 9.17) is 0 Å². The maximum Gasteiger partial charge on any atom is 0.262 e. The van der Waals surface area contributed by atoms with Crippen LogP contribution < -0.4 is 5.32 Å². The summed E-state index contributed by atoms with van der Waals surface area (Å²) in [5, 5.41) is 2.95. The molecule has 1 atom stereocenters. The first-order valence-electron chi connectivity index (χ1n) is 9.31. The van der Waals surface area contributed by atoms with Crippen molar-refractivity contribution in [3.63, 3.8) is 0 Å². The van der Waals surface area contributed by atoms with E-state index in [-0.39, 0.29) is 11.8 Å². The molecule has 146 valence electrons. The topological polar surface area (TPSA) is 66.5 Å². The first-order chi connectivity index (χ1) is 13.5. The number of imide groups is 1. The van der Waals surface area contributed by atoms with Crippen molar-refractivity contribution < 1.29 is 14.4 Å². The van der Waals surface area contributed by atoms with Crippen molar-refractivity contribution in [2.75, 3.05) is 17.3 Å². The number of para-hydroxylation sites is 1. The standard InChI is InChI=1S/C22H24N2O3S/c1-14(2)15-8-6-7-11-18(15)23-20(25)19(12-13-28-3)24-21(26)16-9-4-5-10-17(16)22(24)27/h4-11,14,19H,12-13H2,1-3H3,(H,23,25)/t19-/m0/s1. The van der Waals surface area contributed by atoms with E-state index in [0.29, 0.717) is 29.0 Å². The van der Waals surface area contributed by atoms with E-state index in [0.717, 1.165) is 10.5 Å². The van der Waals surface area contributed by atoms with E-state index in [1.807, 2.05) is 30.5 Å². The fourth-order valence-electron chi connectivity index (χ4n) is 3.43. The summed E-state index contributed by atoms with van der Waals surface area (Å²) in [6, 6.07) is 13.5. The second kappa shape index (κ2) is 8.61. The SMILES string of the molecule is CSCC[C@@H](C(=O)Nc1ccccc1C(C)C)N1C(=O)c2ccccc2C1=O. The summed E-state index contributed by atoms with van der Waals surface area (Å²) in [6.45, 7) is 4.11. The minimum atomic E-state index is -0.847. The lowest BCUT2D eigenvalue weighted by molar-refractivity contribution is -0.120. The molecule has 3 rings (SSSR count). The smallest absolute Gasteiger partial charge is 0.262 e. The Morgan fingerprint density at radius 1 is 1.00 bits per heavy atom. The number of nitrogens with one attached hydrogen (secondary N) is 1. The van der Waals surface area contributed by atoms with Gasteiger partial charge in [-0.1, -0.05) is 44.2 Å². The largest absolute Gasteiger partial charge is 0.324 e. The zero-order valence-electron chi connectivity index (χ0n) is 16.3. The maximum absolute atomic E-state index is 13.2. The second-order valence-electron chi connectivity index (χ2n) is 7.05. The molecule has 0 aliphatic carbocycles. The summed E-state index contributed by atoms with van der Waals surface area (Å²) in [6.07, 6.45) is 2.34. The van der Waals surface area contributed by atoms with Gasteiger partial charge in [-0.3, -0.25) is 19.3 Å². The molecule has 5 nitrogen and oxygen atoms in total. The lowest BCUT2D eigenvalue weighted by atomic mass is 10.0. The van der Waals surface area contributed by atoms with E-state index in [1.165, 1.54) is 0 Å². The molecule has 1 heterocycles. The van der Waals surface area contributed by atoms with Crippen LogP contribution in [0.5, 0.6) is 0 Å². The molecule has 0 spiro atoms. The van der Waals surface area contributed by atoms with E-state index in [1.54, 1.807) is 36.0 Å². The predicted octanol–water partition coefficient (Wildman–Crippen LogP) is 4.17. The van der Waals surface area contributed by atoms with Crippen LogP contribution in [0.3, 0.4) is 0 Å². The highest BCUT2D eigenvalue weighted by Crippen LogP contribution is 2.28. The van der Waals surface area contributed by atoms with Crippen molar-refractivity contribution in [1.82, 2.24) is 4.90 Å². The van der Waals surface area contributed by atoms with Crippen molar-refractivity contribution in [3.05, 3.63) is 65.2 Å². The van der Waals surface area contributed by atoms with Crippen LogP contribution >= 0.6 is 11.8 Å². The van der Waals surface area contributed by atoms with Gasteiger partial charge < -0.3 is 5.32 Å². The maximum atomic E-state index is 13.2. The molecule has 0 saturated carbocycles. The number of anilines is 1. The molecule has 1 N–H and O–H groups in total. The number of rotatable bonds is 7. The molecule has 2 aromatic rings. The van der Waals surface area contributed by atoms with Gasteiger partial charge in [0.1, 0.15) is 6.04 Å². The van der Waals surface area contributed by atoms with Crippen LogP contribution in [-0.4, -0.2) is 40.7 Å². The molecule has 6 heteroatoms. The zero-order chi connectivity index (χ0) is 20.3. The van der Waals surface area contributed by atoms with Crippen LogP contribution in [0.15, 0.2) is 48.5 Å². The van der Waals surface area contributed by atoms with Crippen LogP contribution in [0.2, 0.25) is 0 Å². The third-order valence-electron chi connectivity index (χ3n) is 4.88. The number of thioether (sulfide) groups is 1. The molecule has 3 amide bonds. The number of hydrogen-bond donors (Lipinski definition) is 1. The highest BCUT2D eigenvalue weighted by Gasteiger charge is 2.42. The molecule has 0 bridgehead atoms. The van der Waals surface area contributed by atoms with Crippen LogP contribution in [0, 0.1) is 0 Å². The van der Waals surface area contributed by atoms with E-state index in [9.17, 15) is 14.4 Å². The van der Waals surface area contributed by atoms with E-state index in [2.05, 4.69) is 19.2 Å². The van der Waals surface area contributed by atoms with Gasteiger partial charge >= 0.3 is 0 Å². The average molecular weight is 397 g/mol. The third kappa shape index (κ3) is 3.83. The molecule has 1 aliphatic rings. The van der Waals surface area contributed by atoms with E-state index < -0.39 is 17.9 Å². The third-order valence-corrected chi connectivity index (χ3v) is 5.52. The first-order valence-corrected chi connectivity index (χ1v) is 10.7. The van der Waals surface area contributed by atoms with Crippen molar-refractivity contribution >= 4 is 35.2 Å². The molecular formula is C22H24N2O3S. The Hall–Kier alpha value is -2.60. The molecule has 0 unspecified atom stereocenters. The minimum Gasteiger partial charge on any atom is -0.324 e. The molecule has 0 radical (unpaired) electrons. The molecule has 0 saturated heterocycles. The molecule has 0 aromatic heterocycles. The van der Waals surface area contributed by atoms with Crippen LogP contribution in [0.25, 0.3) is 0 Å². The molecule has 28 heavy (non-hydrogen) atoms. The van der Waals surface area contributed by atoms with Gasteiger partial charge in [0.15, 0.2) is 0 Å². The Balaban J connectivity index is 1.90. The van der Waals surface area contributed by atoms with Crippen LogP contribution in [0.1, 0.15) is 52.5 Å². The Morgan fingerprint density at radius 3 is 2.14 bits per heavy atom. The highest BCUT2D eigenvalue weighted by molar-refractivity contribution is 7.98. The molecule has 1 aliphatic heterocycles. The zero-order valence-corrected chi connectivity index (χ0v) is 17.1. The van der Waals surface area contributed by atoms with Gasteiger partial charge in [0.25, 0.3) is 11.8 Å². The highest BCUT2D eigenvalue weighted by atomic mass is 32.2. The summed E-state index contributed by atoms with van der Waals surface area (Å²) < 4.78 is 0. The second-order valence-corrected chi connectivity index (χ2v) is 8.04. The Labute approximate surface area is 169 Å². The Bertz CT molecular complexity index is 875. The lowest BCUT2D eigenvalue weighted by Gasteiger charge is -2.26. The van der Waals surface area contributed by atoms with Crippen LogP contribution in [0.4, 0.5) is 5.69 Å². The first kappa shape index (κ1) is 20.1. The molecule has 2 aromatic carbocycles. The monoisotopic (exact) mass is 396 g/mol. The quantitative estimate of drug-likeness (QED) is 0.714. The number of nitrogens with zero attached hydrogens (tertiary/aromatic N) is 1. The van der Waals surface area contributed by atoms with Crippen LogP contribution in [-0.2, 0) is 4.79 Å². The summed E-state index contributed by atoms with van der Waals surface area (Å²) in [5.41, 5.74) is 2.45. The number of carbonyl (C=O) groups is 3. The lowest BCUT2D eigenvalue weighted by Crippen LogP contribution is -2.47. The Kier molecular flexibility index (Phi) is 6.19. The van der Waals surface area contributed by atoms with Gasteiger partial charge in [-0.25, -0.2) is 0 Å². The molecular weight excluding hydrogens is 372 g/mol. The predicted molar refractivity (Wildman–Crippen MR) is 113 cm³/mol. The van der Waals surface area contributed by atoms with Crippen molar-refractivity contribution in [1.29, 1.82) is 0 Å². The van der Waals surface area contributed by atoms with Crippen molar-refractivity contribution in [2.24, 2.45) is 0 Å². The van der Waals surface area contributed by atoms with Gasteiger partial charge in [-0.05, 0) is 48.1 Å². The number of benzene rings is 2. The summed E-state index contributed by atoms with van der Waals surface area (Å²) in [5.74, 6) is -0.243. The normalized spacial score (nSPS) is 14.4. The van der Waals surface area contributed by atoms with Gasteiger partial charge in [0.2, 0.25) is 5.91 Å².